The van der Waals surface area contributed by atoms with E-state index in [0.717, 1.165) is 43.8 Å². The Kier molecular flexibility index (Phi) is 4.45. The van der Waals surface area contributed by atoms with Crippen molar-refractivity contribution in [1.82, 2.24) is 15.1 Å². The van der Waals surface area contributed by atoms with Gasteiger partial charge in [0.05, 0.1) is 12.1 Å². The van der Waals surface area contributed by atoms with Crippen LogP contribution in [0.25, 0.3) is 0 Å². The van der Waals surface area contributed by atoms with Crippen LogP contribution in [-0.2, 0) is 27.4 Å². The van der Waals surface area contributed by atoms with Crippen molar-refractivity contribution in [2.75, 3.05) is 26.3 Å². The summed E-state index contributed by atoms with van der Waals surface area (Å²) < 4.78 is 5.59. The van der Waals surface area contributed by atoms with Gasteiger partial charge < -0.3 is 15.4 Å². The number of hydrogen-bond donors (Lipinski definition) is 2. The lowest BCUT2D eigenvalue weighted by Gasteiger charge is -2.34. The fourth-order valence-corrected chi connectivity index (χ4v) is 5.21. The molecule has 1 aromatic rings. The molecular formula is C21H26N4O4. The van der Waals surface area contributed by atoms with Crippen LogP contribution in [0, 0.1) is 5.92 Å². The van der Waals surface area contributed by atoms with E-state index in [1.54, 1.807) is 4.90 Å². The summed E-state index contributed by atoms with van der Waals surface area (Å²) in [6.45, 7) is 4.29. The van der Waals surface area contributed by atoms with E-state index in [0.29, 0.717) is 31.1 Å². The lowest BCUT2D eigenvalue weighted by Crippen LogP contribution is -2.54. The first-order chi connectivity index (χ1) is 13.9. The molecule has 3 saturated heterocycles. The van der Waals surface area contributed by atoms with E-state index in [1.807, 2.05) is 12.1 Å². The van der Waals surface area contributed by atoms with E-state index >= 15 is 0 Å². The molecule has 29 heavy (non-hydrogen) atoms. The van der Waals surface area contributed by atoms with Crippen molar-refractivity contribution in [3.8, 4) is 0 Å². The van der Waals surface area contributed by atoms with Crippen LogP contribution in [0.4, 0.5) is 0 Å². The number of likely N-dealkylation sites (tertiary alicyclic amines) is 1. The SMILES string of the molecule is NC12COCCC1CN(Cc1ccc3c(c1)C(=O)N(C1CCC(=O)NC1=O)C3)C2. The van der Waals surface area contributed by atoms with Gasteiger partial charge in [-0.15, -0.1) is 0 Å². The number of carbonyl (C=O) groups excluding carboxylic acids is 3. The van der Waals surface area contributed by atoms with Gasteiger partial charge in [-0.25, -0.2) is 0 Å². The molecule has 0 radical (unpaired) electrons. The molecule has 0 aliphatic carbocycles. The van der Waals surface area contributed by atoms with Gasteiger partial charge in [0, 0.05) is 44.8 Å². The third-order valence-corrected chi connectivity index (χ3v) is 6.79. The molecule has 4 heterocycles. The predicted molar refractivity (Wildman–Crippen MR) is 104 cm³/mol. The van der Waals surface area contributed by atoms with E-state index < -0.39 is 6.04 Å². The Morgan fingerprint density at radius 3 is 2.90 bits per heavy atom. The lowest BCUT2D eigenvalue weighted by molar-refractivity contribution is -0.136. The van der Waals surface area contributed by atoms with Gasteiger partial charge >= 0.3 is 0 Å². The zero-order valence-corrected chi connectivity index (χ0v) is 16.4. The minimum atomic E-state index is -0.574. The molecule has 3 amide bonds. The maximum atomic E-state index is 13.0. The van der Waals surface area contributed by atoms with Crippen molar-refractivity contribution >= 4 is 17.7 Å². The van der Waals surface area contributed by atoms with E-state index in [2.05, 4.69) is 16.3 Å². The molecule has 0 aromatic heterocycles. The largest absolute Gasteiger partial charge is 0.379 e. The number of carbonyl (C=O) groups is 3. The first-order valence-electron chi connectivity index (χ1n) is 10.3. The summed E-state index contributed by atoms with van der Waals surface area (Å²) in [6, 6.07) is 5.42. The summed E-state index contributed by atoms with van der Waals surface area (Å²) in [7, 11) is 0. The zero-order valence-electron chi connectivity index (χ0n) is 16.4. The Balaban J connectivity index is 1.29. The fourth-order valence-electron chi connectivity index (χ4n) is 5.21. The van der Waals surface area contributed by atoms with Gasteiger partial charge in [0.15, 0.2) is 0 Å². The highest BCUT2D eigenvalue weighted by Crippen LogP contribution is 2.33. The Hall–Kier alpha value is -2.29. The molecule has 5 rings (SSSR count). The lowest BCUT2D eigenvalue weighted by atomic mass is 9.85. The molecule has 0 spiro atoms. The number of imide groups is 1. The second kappa shape index (κ2) is 6.90. The van der Waals surface area contributed by atoms with Crippen molar-refractivity contribution < 1.29 is 19.1 Å². The molecule has 3 N–H and O–H groups in total. The van der Waals surface area contributed by atoms with Crippen LogP contribution in [0.15, 0.2) is 18.2 Å². The van der Waals surface area contributed by atoms with Crippen molar-refractivity contribution in [3.63, 3.8) is 0 Å². The first-order valence-corrected chi connectivity index (χ1v) is 10.3. The molecule has 3 atom stereocenters. The number of amides is 3. The summed E-state index contributed by atoms with van der Waals surface area (Å²) in [5.41, 5.74) is 8.95. The molecule has 8 nitrogen and oxygen atoms in total. The van der Waals surface area contributed by atoms with Gasteiger partial charge in [0.2, 0.25) is 11.8 Å². The van der Waals surface area contributed by atoms with Gasteiger partial charge in [-0.2, -0.15) is 0 Å². The highest BCUT2D eigenvalue weighted by molar-refractivity contribution is 6.05. The Morgan fingerprint density at radius 2 is 2.10 bits per heavy atom. The Morgan fingerprint density at radius 1 is 1.24 bits per heavy atom. The summed E-state index contributed by atoms with van der Waals surface area (Å²) in [5, 5.41) is 2.34. The number of piperidine rings is 1. The Labute approximate surface area is 169 Å². The van der Waals surface area contributed by atoms with Gasteiger partial charge in [-0.05, 0) is 36.0 Å². The van der Waals surface area contributed by atoms with Gasteiger partial charge in [0.25, 0.3) is 5.91 Å². The second-order valence-corrected chi connectivity index (χ2v) is 8.83. The second-order valence-electron chi connectivity index (χ2n) is 8.83. The highest BCUT2D eigenvalue weighted by atomic mass is 16.5. The van der Waals surface area contributed by atoms with E-state index in [4.69, 9.17) is 10.5 Å². The van der Waals surface area contributed by atoms with E-state index in [-0.39, 0.29) is 29.7 Å². The molecule has 1 aromatic carbocycles. The number of rotatable bonds is 3. The maximum Gasteiger partial charge on any atom is 0.255 e. The summed E-state index contributed by atoms with van der Waals surface area (Å²) in [4.78, 5) is 40.5. The van der Waals surface area contributed by atoms with Crippen molar-refractivity contribution in [2.24, 2.45) is 11.7 Å². The quantitative estimate of drug-likeness (QED) is 0.695. The number of fused-ring (bicyclic) bond motifs is 2. The highest BCUT2D eigenvalue weighted by Gasteiger charge is 2.45. The first kappa shape index (κ1) is 18.7. The fraction of sp³-hybridized carbons (Fsp3) is 0.571. The van der Waals surface area contributed by atoms with Crippen molar-refractivity contribution in [3.05, 3.63) is 34.9 Å². The number of nitrogens with one attached hydrogen (secondary N) is 1. The number of nitrogens with zero attached hydrogens (tertiary/aromatic N) is 2. The van der Waals surface area contributed by atoms with Gasteiger partial charge in [-0.1, -0.05) is 12.1 Å². The summed E-state index contributed by atoms with van der Waals surface area (Å²) >= 11 is 0. The molecule has 3 unspecified atom stereocenters. The normalized spacial score (nSPS) is 32.3. The monoisotopic (exact) mass is 398 g/mol. The standard InChI is InChI=1S/C21H26N4O4/c22-21-11-24(10-15(21)5-6-29-12-21)8-13-1-2-14-9-25(20(28)16(14)7-13)17-3-4-18(26)23-19(17)27/h1-2,7,15,17H,3-6,8-12,22H2,(H,23,26,27). The average Bonchev–Trinajstić information content (AvgIpc) is 3.18. The van der Waals surface area contributed by atoms with Crippen LogP contribution < -0.4 is 11.1 Å². The molecule has 0 bridgehead atoms. The van der Waals surface area contributed by atoms with E-state index in [1.165, 1.54) is 0 Å². The van der Waals surface area contributed by atoms with Crippen molar-refractivity contribution in [2.45, 2.75) is 43.9 Å². The topological polar surface area (TPSA) is 105 Å². The smallest absolute Gasteiger partial charge is 0.255 e. The third-order valence-electron chi connectivity index (χ3n) is 6.79. The maximum absolute atomic E-state index is 13.0. The molecule has 4 aliphatic rings. The van der Waals surface area contributed by atoms with Crippen LogP contribution >= 0.6 is 0 Å². The minimum absolute atomic E-state index is 0.130. The average molecular weight is 398 g/mol. The number of nitrogens with two attached hydrogens (primary N) is 1. The molecule has 8 heteroatoms. The molecule has 4 aliphatic heterocycles. The van der Waals surface area contributed by atoms with Crippen LogP contribution in [0.5, 0.6) is 0 Å². The predicted octanol–water partition coefficient (Wildman–Crippen LogP) is -0.00280. The van der Waals surface area contributed by atoms with Crippen LogP contribution in [0.2, 0.25) is 0 Å². The zero-order chi connectivity index (χ0) is 20.2. The number of hydrogen-bond acceptors (Lipinski definition) is 6. The number of benzene rings is 1. The minimum Gasteiger partial charge on any atom is -0.379 e. The van der Waals surface area contributed by atoms with E-state index in [9.17, 15) is 14.4 Å². The molecule has 3 fully saturated rings. The molecule has 0 saturated carbocycles. The van der Waals surface area contributed by atoms with Crippen LogP contribution in [0.3, 0.4) is 0 Å². The van der Waals surface area contributed by atoms with Crippen LogP contribution in [-0.4, -0.2) is 65.4 Å². The molecular weight excluding hydrogens is 372 g/mol. The van der Waals surface area contributed by atoms with Crippen LogP contribution in [0.1, 0.15) is 40.7 Å². The van der Waals surface area contributed by atoms with Gasteiger partial charge in [0.1, 0.15) is 6.04 Å². The summed E-state index contributed by atoms with van der Waals surface area (Å²) in [5.74, 6) is -0.324. The van der Waals surface area contributed by atoms with Crippen molar-refractivity contribution in [1.29, 1.82) is 0 Å². The Bertz CT molecular complexity index is 887. The number of ether oxygens (including phenoxy) is 1. The molecule has 154 valence electrons. The van der Waals surface area contributed by atoms with Gasteiger partial charge in [-0.3, -0.25) is 24.6 Å². The third kappa shape index (κ3) is 3.25. The summed E-state index contributed by atoms with van der Waals surface area (Å²) in [6.07, 6.45) is 1.64.